The van der Waals surface area contributed by atoms with Gasteiger partial charge in [-0.15, -0.1) is 0 Å². The fourth-order valence-corrected chi connectivity index (χ4v) is 3.36. The standard InChI is InChI=1S/C16H25N3O3/c1-2-7-19-12-14(11-17-19)18-15(20)10-13-3-5-16(6-4-13)21-8-9-22-16/h11-13H,2-10H2,1H3,(H,18,20). The van der Waals surface area contributed by atoms with E-state index in [1.54, 1.807) is 6.20 Å². The third kappa shape index (κ3) is 3.67. The van der Waals surface area contributed by atoms with Gasteiger partial charge in [0.05, 0.1) is 25.1 Å². The van der Waals surface area contributed by atoms with Gasteiger partial charge in [-0.1, -0.05) is 6.92 Å². The molecule has 6 nitrogen and oxygen atoms in total. The molecule has 1 amide bonds. The van der Waals surface area contributed by atoms with E-state index in [1.165, 1.54) is 0 Å². The van der Waals surface area contributed by atoms with Crippen molar-refractivity contribution in [2.24, 2.45) is 5.92 Å². The number of carbonyl (C=O) groups excluding carboxylic acids is 1. The Kier molecular flexibility index (Phi) is 4.78. The summed E-state index contributed by atoms with van der Waals surface area (Å²) in [5, 5.41) is 7.17. The second-order valence-electron chi connectivity index (χ2n) is 6.30. The van der Waals surface area contributed by atoms with Crippen LogP contribution < -0.4 is 5.32 Å². The molecule has 1 aromatic rings. The minimum absolute atomic E-state index is 0.0743. The van der Waals surface area contributed by atoms with E-state index in [4.69, 9.17) is 9.47 Å². The van der Waals surface area contributed by atoms with Crippen LogP contribution in [0.15, 0.2) is 12.4 Å². The molecule has 1 saturated carbocycles. The Morgan fingerprint density at radius 1 is 1.41 bits per heavy atom. The van der Waals surface area contributed by atoms with Gasteiger partial charge >= 0.3 is 0 Å². The van der Waals surface area contributed by atoms with Crippen LogP contribution in [-0.4, -0.2) is 34.7 Å². The van der Waals surface area contributed by atoms with Gasteiger partial charge in [-0.2, -0.15) is 5.10 Å². The molecule has 122 valence electrons. The molecule has 6 heteroatoms. The average Bonchev–Trinajstić information content (AvgIpc) is 3.13. The maximum Gasteiger partial charge on any atom is 0.224 e. The molecule has 2 heterocycles. The topological polar surface area (TPSA) is 65.4 Å². The van der Waals surface area contributed by atoms with Gasteiger partial charge < -0.3 is 14.8 Å². The Balaban J connectivity index is 1.44. The first-order valence-corrected chi connectivity index (χ1v) is 8.29. The molecule has 1 aliphatic heterocycles. The van der Waals surface area contributed by atoms with Crippen molar-refractivity contribution in [3.8, 4) is 0 Å². The number of ether oxygens (including phenoxy) is 2. The zero-order valence-electron chi connectivity index (χ0n) is 13.2. The molecule has 0 radical (unpaired) electrons. The van der Waals surface area contributed by atoms with E-state index < -0.39 is 0 Å². The van der Waals surface area contributed by atoms with Crippen molar-refractivity contribution in [2.75, 3.05) is 18.5 Å². The van der Waals surface area contributed by atoms with Crippen LogP contribution in [0.5, 0.6) is 0 Å². The quantitative estimate of drug-likeness (QED) is 0.908. The smallest absolute Gasteiger partial charge is 0.224 e. The summed E-state index contributed by atoms with van der Waals surface area (Å²) in [5.74, 6) is 0.156. The number of aryl methyl sites for hydroxylation is 1. The minimum atomic E-state index is -0.339. The van der Waals surface area contributed by atoms with Crippen molar-refractivity contribution < 1.29 is 14.3 Å². The van der Waals surface area contributed by atoms with Crippen molar-refractivity contribution >= 4 is 11.6 Å². The van der Waals surface area contributed by atoms with E-state index in [2.05, 4.69) is 17.3 Å². The third-order valence-electron chi connectivity index (χ3n) is 4.52. The highest BCUT2D eigenvalue weighted by Gasteiger charge is 2.40. The maximum atomic E-state index is 12.1. The number of hydrogen-bond acceptors (Lipinski definition) is 4. The molecule has 1 aromatic heterocycles. The summed E-state index contributed by atoms with van der Waals surface area (Å²) in [4.78, 5) is 12.1. The molecule has 22 heavy (non-hydrogen) atoms. The fraction of sp³-hybridized carbons (Fsp3) is 0.750. The molecule has 1 aliphatic carbocycles. The molecule has 2 fully saturated rings. The molecule has 1 spiro atoms. The summed E-state index contributed by atoms with van der Waals surface area (Å²) in [7, 11) is 0. The zero-order valence-corrected chi connectivity index (χ0v) is 13.2. The van der Waals surface area contributed by atoms with Crippen molar-refractivity contribution in [3.05, 3.63) is 12.4 Å². The Bertz CT molecular complexity index is 498. The average molecular weight is 307 g/mol. The van der Waals surface area contributed by atoms with Crippen LogP contribution in [0.3, 0.4) is 0 Å². The molecule has 0 bridgehead atoms. The number of aromatic nitrogens is 2. The predicted molar refractivity (Wildman–Crippen MR) is 82.4 cm³/mol. The van der Waals surface area contributed by atoms with Gasteiger partial charge in [0.1, 0.15) is 0 Å². The van der Waals surface area contributed by atoms with Gasteiger partial charge in [0.2, 0.25) is 5.91 Å². The summed E-state index contributed by atoms with van der Waals surface area (Å²) in [6.07, 6.45) is 8.98. The van der Waals surface area contributed by atoms with Crippen molar-refractivity contribution in [1.82, 2.24) is 9.78 Å². The van der Waals surface area contributed by atoms with E-state index >= 15 is 0 Å². The van der Waals surface area contributed by atoms with Crippen LogP contribution in [0.4, 0.5) is 5.69 Å². The van der Waals surface area contributed by atoms with Crippen LogP contribution in [0.1, 0.15) is 45.4 Å². The van der Waals surface area contributed by atoms with Crippen molar-refractivity contribution in [2.45, 2.75) is 57.8 Å². The van der Waals surface area contributed by atoms with E-state index in [1.807, 2.05) is 10.9 Å². The van der Waals surface area contributed by atoms with Gasteiger partial charge in [-0.3, -0.25) is 9.48 Å². The van der Waals surface area contributed by atoms with Gasteiger partial charge in [0, 0.05) is 32.0 Å². The second-order valence-corrected chi connectivity index (χ2v) is 6.30. The lowest BCUT2D eigenvalue weighted by Gasteiger charge is -2.35. The lowest BCUT2D eigenvalue weighted by atomic mass is 9.83. The number of nitrogens with zero attached hydrogens (tertiary/aromatic N) is 2. The highest BCUT2D eigenvalue weighted by atomic mass is 16.7. The first-order valence-electron chi connectivity index (χ1n) is 8.29. The number of nitrogens with one attached hydrogen (secondary N) is 1. The van der Waals surface area contributed by atoms with Crippen LogP contribution in [0, 0.1) is 5.92 Å². The highest BCUT2D eigenvalue weighted by molar-refractivity contribution is 5.90. The number of hydrogen-bond donors (Lipinski definition) is 1. The normalized spacial score (nSPS) is 21.3. The van der Waals surface area contributed by atoms with Crippen LogP contribution in [0.2, 0.25) is 0 Å². The third-order valence-corrected chi connectivity index (χ3v) is 4.52. The lowest BCUT2D eigenvalue weighted by molar-refractivity contribution is -0.183. The van der Waals surface area contributed by atoms with E-state index in [9.17, 15) is 4.79 Å². The minimum Gasteiger partial charge on any atom is -0.348 e. The van der Waals surface area contributed by atoms with Crippen molar-refractivity contribution in [3.63, 3.8) is 0 Å². The van der Waals surface area contributed by atoms with Gasteiger partial charge in [0.15, 0.2) is 5.79 Å². The first kappa shape index (κ1) is 15.5. The van der Waals surface area contributed by atoms with Crippen molar-refractivity contribution in [1.29, 1.82) is 0 Å². The summed E-state index contributed by atoms with van der Waals surface area (Å²) < 4.78 is 13.3. The number of anilines is 1. The van der Waals surface area contributed by atoms with Crippen LogP contribution in [0.25, 0.3) is 0 Å². The zero-order chi connectivity index (χ0) is 15.4. The Labute approximate surface area is 131 Å². The summed E-state index contributed by atoms with van der Waals surface area (Å²) in [5.41, 5.74) is 0.785. The first-order chi connectivity index (χ1) is 10.7. The predicted octanol–water partition coefficient (Wildman–Crippen LogP) is 2.56. The number of amides is 1. The molecule has 2 aliphatic rings. The van der Waals surface area contributed by atoms with Crippen LogP contribution in [-0.2, 0) is 20.8 Å². The number of carbonyl (C=O) groups is 1. The van der Waals surface area contributed by atoms with E-state index in [0.29, 0.717) is 25.6 Å². The summed E-state index contributed by atoms with van der Waals surface area (Å²) in [6, 6.07) is 0. The summed E-state index contributed by atoms with van der Waals surface area (Å²) >= 11 is 0. The Morgan fingerprint density at radius 2 is 2.14 bits per heavy atom. The molecule has 3 rings (SSSR count). The van der Waals surface area contributed by atoms with Gasteiger partial charge in [-0.25, -0.2) is 0 Å². The van der Waals surface area contributed by atoms with E-state index in [-0.39, 0.29) is 11.7 Å². The molecule has 1 saturated heterocycles. The monoisotopic (exact) mass is 307 g/mol. The van der Waals surface area contributed by atoms with E-state index in [0.717, 1.165) is 44.3 Å². The molecule has 0 atom stereocenters. The fourth-order valence-electron chi connectivity index (χ4n) is 3.36. The Hall–Kier alpha value is -1.40. The van der Waals surface area contributed by atoms with Gasteiger partial charge in [0.25, 0.3) is 0 Å². The molecule has 0 aromatic carbocycles. The van der Waals surface area contributed by atoms with Gasteiger partial charge in [-0.05, 0) is 25.2 Å². The molecule has 1 N–H and O–H groups in total. The summed E-state index contributed by atoms with van der Waals surface area (Å²) in [6.45, 7) is 4.38. The second kappa shape index (κ2) is 6.79. The number of rotatable bonds is 5. The van der Waals surface area contributed by atoms with Crippen LogP contribution >= 0.6 is 0 Å². The SMILES string of the molecule is CCCn1cc(NC(=O)CC2CCC3(CC2)OCCO3)cn1. The highest BCUT2D eigenvalue weighted by Crippen LogP contribution is 2.39. The lowest BCUT2D eigenvalue weighted by Crippen LogP contribution is -2.36. The molecular weight excluding hydrogens is 282 g/mol. The largest absolute Gasteiger partial charge is 0.348 e. The molecule has 0 unspecified atom stereocenters. The molecular formula is C16H25N3O3. The Morgan fingerprint density at radius 3 is 2.82 bits per heavy atom. The maximum absolute atomic E-state index is 12.1.